The molecule has 0 aromatic carbocycles. The lowest BCUT2D eigenvalue weighted by Gasteiger charge is -2.13. The predicted molar refractivity (Wildman–Crippen MR) is 70.9 cm³/mol. The van der Waals surface area contributed by atoms with Gasteiger partial charge in [0.2, 0.25) is 5.89 Å². The van der Waals surface area contributed by atoms with Crippen molar-refractivity contribution in [3.8, 4) is 0 Å². The van der Waals surface area contributed by atoms with Crippen LogP contribution >= 0.6 is 0 Å². The molecule has 1 atom stereocenters. The van der Waals surface area contributed by atoms with E-state index in [1.807, 2.05) is 0 Å². The van der Waals surface area contributed by atoms with Gasteiger partial charge < -0.3 is 14.6 Å². The molecule has 1 N–H and O–H groups in total. The molecule has 0 spiro atoms. The van der Waals surface area contributed by atoms with Crippen LogP contribution in [0.3, 0.4) is 0 Å². The molecular formula is C13H23F2N3O2. The predicted octanol–water partition coefficient (Wildman–Crippen LogP) is 2.21. The molecule has 0 radical (unpaired) electrons. The van der Waals surface area contributed by atoms with E-state index in [2.05, 4.69) is 29.3 Å². The summed E-state index contributed by atoms with van der Waals surface area (Å²) in [5.74, 6) is 1.07. The van der Waals surface area contributed by atoms with Gasteiger partial charge in [-0.3, -0.25) is 0 Å². The van der Waals surface area contributed by atoms with Crippen molar-refractivity contribution in [1.29, 1.82) is 0 Å². The minimum absolute atomic E-state index is 0.175. The van der Waals surface area contributed by atoms with Gasteiger partial charge in [0.25, 0.3) is 6.43 Å². The molecule has 7 heteroatoms. The van der Waals surface area contributed by atoms with Crippen LogP contribution in [0.25, 0.3) is 0 Å². The normalized spacial score (nSPS) is 13.1. The maximum absolute atomic E-state index is 11.9. The number of nitrogens with zero attached hydrogens (tertiary/aromatic N) is 2. The van der Waals surface area contributed by atoms with Gasteiger partial charge in [0.1, 0.15) is 6.61 Å². The summed E-state index contributed by atoms with van der Waals surface area (Å²) in [5.41, 5.74) is 0. The second-order valence-electron chi connectivity index (χ2n) is 4.58. The molecule has 1 aromatic rings. The van der Waals surface area contributed by atoms with Crippen LogP contribution in [-0.4, -0.2) is 42.4 Å². The maximum Gasteiger partial charge on any atom is 0.261 e. The Morgan fingerprint density at radius 3 is 2.80 bits per heavy atom. The average Bonchev–Trinajstić information content (AvgIpc) is 2.87. The summed E-state index contributed by atoms with van der Waals surface area (Å²) >= 11 is 0. The zero-order valence-electron chi connectivity index (χ0n) is 12.1. The van der Waals surface area contributed by atoms with Crippen molar-refractivity contribution < 1.29 is 18.0 Å². The first-order chi connectivity index (χ1) is 9.65. The molecule has 5 nitrogen and oxygen atoms in total. The Kier molecular flexibility index (Phi) is 8.29. The monoisotopic (exact) mass is 291 g/mol. The van der Waals surface area contributed by atoms with E-state index in [0.717, 1.165) is 19.4 Å². The molecule has 1 rings (SSSR count). The van der Waals surface area contributed by atoms with E-state index >= 15 is 0 Å². The van der Waals surface area contributed by atoms with Crippen molar-refractivity contribution >= 4 is 0 Å². The van der Waals surface area contributed by atoms with Gasteiger partial charge in [-0.25, -0.2) is 8.78 Å². The van der Waals surface area contributed by atoms with Gasteiger partial charge in [-0.05, 0) is 19.4 Å². The van der Waals surface area contributed by atoms with Crippen molar-refractivity contribution in [2.45, 2.75) is 52.0 Å². The van der Waals surface area contributed by atoms with Crippen LogP contribution in [0.5, 0.6) is 0 Å². The Bertz CT molecular complexity index is 361. The molecule has 1 aromatic heterocycles. The Balaban J connectivity index is 2.30. The van der Waals surface area contributed by atoms with Crippen LogP contribution in [0.4, 0.5) is 8.78 Å². The molecule has 0 aliphatic rings. The molecule has 116 valence electrons. The third-order valence-corrected chi connectivity index (χ3v) is 2.82. The van der Waals surface area contributed by atoms with Crippen molar-refractivity contribution in [2.75, 3.05) is 19.8 Å². The third-order valence-electron chi connectivity index (χ3n) is 2.82. The topological polar surface area (TPSA) is 60.2 Å². The lowest BCUT2D eigenvalue weighted by atomic mass is 10.1. The minimum atomic E-state index is -2.44. The van der Waals surface area contributed by atoms with E-state index in [1.54, 1.807) is 0 Å². The number of rotatable bonds is 11. The smallest absolute Gasteiger partial charge is 0.261 e. The lowest BCUT2D eigenvalue weighted by Crippen LogP contribution is -2.31. The SMILES string of the molecule is CCCNC(CC)Cc1nc(CCOCC(F)F)no1. The van der Waals surface area contributed by atoms with Gasteiger partial charge in [0, 0.05) is 18.9 Å². The third kappa shape index (κ3) is 6.91. The Morgan fingerprint density at radius 2 is 2.15 bits per heavy atom. The first kappa shape index (κ1) is 17.0. The van der Waals surface area contributed by atoms with Gasteiger partial charge in [0.15, 0.2) is 5.82 Å². The summed E-state index contributed by atoms with van der Waals surface area (Å²) in [7, 11) is 0. The zero-order valence-corrected chi connectivity index (χ0v) is 12.1. The number of ether oxygens (including phenoxy) is 1. The summed E-state index contributed by atoms with van der Waals surface area (Å²) in [6.07, 6.45) is 0.685. The zero-order chi connectivity index (χ0) is 14.8. The highest BCUT2D eigenvalue weighted by atomic mass is 19.3. The highest BCUT2D eigenvalue weighted by molar-refractivity contribution is 4.89. The van der Waals surface area contributed by atoms with E-state index in [4.69, 9.17) is 9.26 Å². The molecule has 0 aliphatic heterocycles. The number of alkyl halides is 2. The number of nitrogens with one attached hydrogen (secondary N) is 1. The molecule has 0 amide bonds. The van der Waals surface area contributed by atoms with Crippen molar-refractivity contribution in [2.24, 2.45) is 0 Å². The van der Waals surface area contributed by atoms with Gasteiger partial charge in [-0.15, -0.1) is 0 Å². The second-order valence-corrected chi connectivity index (χ2v) is 4.58. The van der Waals surface area contributed by atoms with Gasteiger partial charge in [-0.1, -0.05) is 19.0 Å². The Labute approximate surface area is 118 Å². The van der Waals surface area contributed by atoms with Gasteiger partial charge in [-0.2, -0.15) is 4.98 Å². The molecule has 0 aliphatic carbocycles. The van der Waals surface area contributed by atoms with Crippen LogP contribution in [0.15, 0.2) is 4.52 Å². The van der Waals surface area contributed by atoms with Crippen LogP contribution in [0.1, 0.15) is 38.4 Å². The van der Waals surface area contributed by atoms with Crippen LogP contribution < -0.4 is 5.32 Å². The van der Waals surface area contributed by atoms with Gasteiger partial charge >= 0.3 is 0 Å². The second kappa shape index (κ2) is 9.77. The minimum Gasteiger partial charge on any atom is -0.375 e. The molecule has 0 fully saturated rings. The largest absolute Gasteiger partial charge is 0.375 e. The summed E-state index contributed by atoms with van der Waals surface area (Å²) < 4.78 is 33.7. The van der Waals surface area contributed by atoms with E-state index < -0.39 is 13.0 Å². The van der Waals surface area contributed by atoms with Crippen molar-refractivity contribution in [1.82, 2.24) is 15.5 Å². The number of hydrogen-bond donors (Lipinski definition) is 1. The lowest BCUT2D eigenvalue weighted by molar-refractivity contribution is 0.0182. The fraction of sp³-hybridized carbons (Fsp3) is 0.846. The molecule has 0 bridgehead atoms. The Hall–Kier alpha value is -1.08. The van der Waals surface area contributed by atoms with E-state index in [9.17, 15) is 8.78 Å². The first-order valence-corrected chi connectivity index (χ1v) is 7.06. The average molecular weight is 291 g/mol. The van der Waals surface area contributed by atoms with Crippen LogP contribution in [0.2, 0.25) is 0 Å². The van der Waals surface area contributed by atoms with Crippen LogP contribution in [0, 0.1) is 0 Å². The van der Waals surface area contributed by atoms with Crippen LogP contribution in [-0.2, 0) is 17.6 Å². The van der Waals surface area contributed by atoms with E-state index in [-0.39, 0.29) is 6.61 Å². The summed E-state index contributed by atoms with van der Waals surface area (Å²) in [6.45, 7) is 4.80. The maximum atomic E-state index is 11.9. The van der Waals surface area contributed by atoms with Gasteiger partial charge in [0.05, 0.1) is 6.61 Å². The first-order valence-electron chi connectivity index (χ1n) is 7.06. The molecule has 1 unspecified atom stereocenters. The number of aromatic nitrogens is 2. The standard InChI is InChI=1S/C13H23F2N3O2/c1-3-6-16-10(4-2)8-13-17-12(18-20-13)5-7-19-9-11(14)15/h10-11,16H,3-9H2,1-2H3. The summed E-state index contributed by atoms with van der Waals surface area (Å²) in [6, 6.07) is 0.318. The summed E-state index contributed by atoms with van der Waals surface area (Å²) in [4.78, 5) is 4.24. The number of halogens is 2. The van der Waals surface area contributed by atoms with E-state index in [1.165, 1.54) is 0 Å². The highest BCUT2D eigenvalue weighted by Gasteiger charge is 2.12. The summed E-state index contributed by atoms with van der Waals surface area (Å²) in [5, 5.41) is 7.22. The van der Waals surface area contributed by atoms with E-state index in [0.29, 0.717) is 30.6 Å². The highest BCUT2D eigenvalue weighted by Crippen LogP contribution is 2.05. The van der Waals surface area contributed by atoms with Crippen molar-refractivity contribution in [3.63, 3.8) is 0 Å². The molecule has 0 saturated heterocycles. The number of hydrogen-bond acceptors (Lipinski definition) is 5. The quantitative estimate of drug-likeness (QED) is 0.633. The molecule has 20 heavy (non-hydrogen) atoms. The van der Waals surface area contributed by atoms with Crippen molar-refractivity contribution in [3.05, 3.63) is 11.7 Å². The fourth-order valence-corrected chi connectivity index (χ4v) is 1.73. The molecular weight excluding hydrogens is 268 g/mol. The fourth-order valence-electron chi connectivity index (χ4n) is 1.73. The molecule has 1 heterocycles. The molecule has 0 saturated carbocycles. The Morgan fingerprint density at radius 1 is 1.35 bits per heavy atom.